The third-order valence-corrected chi connectivity index (χ3v) is 4.43. The lowest BCUT2D eigenvalue weighted by Crippen LogP contribution is -2.40. The summed E-state index contributed by atoms with van der Waals surface area (Å²) in [5.74, 6) is 1.94. The van der Waals surface area contributed by atoms with E-state index in [1.54, 1.807) is 0 Å². The van der Waals surface area contributed by atoms with Gasteiger partial charge in [-0.25, -0.2) is 4.99 Å². The highest BCUT2D eigenvalue weighted by Gasteiger charge is 2.30. The van der Waals surface area contributed by atoms with Gasteiger partial charge in [-0.1, -0.05) is 26.0 Å². The second-order valence-corrected chi connectivity index (χ2v) is 7.81. The molecule has 1 aromatic rings. The molecule has 25 heavy (non-hydrogen) atoms. The van der Waals surface area contributed by atoms with Crippen molar-refractivity contribution in [1.29, 1.82) is 0 Å². The van der Waals surface area contributed by atoms with E-state index in [9.17, 15) is 0 Å². The lowest BCUT2D eigenvalue weighted by molar-refractivity contribution is 0.261. The molecule has 0 bridgehead atoms. The van der Waals surface area contributed by atoms with E-state index in [0.717, 1.165) is 37.9 Å². The summed E-state index contributed by atoms with van der Waals surface area (Å²) in [6, 6.07) is 8.26. The summed E-state index contributed by atoms with van der Waals surface area (Å²) in [5.41, 5.74) is 1.55. The smallest absolute Gasteiger partial charge is 0.194 e. The fourth-order valence-corrected chi connectivity index (χ4v) is 2.96. The molecule has 1 saturated heterocycles. The molecule has 5 heteroatoms. The Morgan fingerprint density at radius 2 is 2.16 bits per heavy atom. The quantitative estimate of drug-likeness (QED) is 0.609. The first kappa shape index (κ1) is 19.6. The second kappa shape index (κ2) is 9.09. The normalized spacial score (nSPS) is 17.2. The molecular formula is C20H34N4O. The summed E-state index contributed by atoms with van der Waals surface area (Å²) in [4.78, 5) is 9.34. The van der Waals surface area contributed by atoms with Gasteiger partial charge in [0.2, 0.25) is 0 Å². The first-order valence-electron chi connectivity index (χ1n) is 9.29. The molecular weight excluding hydrogens is 312 g/mol. The van der Waals surface area contributed by atoms with Crippen molar-refractivity contribution in [2.45, 2.75) is 33.7 Å². The Hall–Kier alpha value is -1.75. The van der Waals surface area contributed by atoms with Crippen molar-refractivity contribution in [3.63, 3.8) is 0 Å². The van der Waals surface area contributed by atoms with Crippen LogP contribution in [0.3, 0.4) is 0 Å². The van der Waals surface area contributed by atoms with Crippen LogP contribution in [0, 0.1) is 5.41 Å². The molecule has 0 spiro atoms. The van der Waals surface area contributed by atoms with Gasteiger partial charge in [0.1, 0.15) is 12.4 Å². The fraction of sp³-hybridized carbons (Fsp3) is 0.650. The minimum atomic E-state index is 0.371. The molecule has 1 heterocycles. The number of likely N-dealkylation sites (tertiary alicyclic amines) is 1. The van der Waals surface area contributed by atoms with E-state index in [4.69, 9.17) is 9.73 Å². The third-order valence-electron chi connectivity index (χ3n) is 4.43. The molecule has 1 fully saturated rings. The number of nitrogens with one attached hydrogen (secondary N) is 1. The molecule has 0 atom stereocenters. The molecule has 0 radical (unpaired) electrons. The SMILES string of the molecule is CCNC(=NCc1cccc(OCCN(C)C)c1)N1CCC(C)(C)C1. The molecule has 2 rings (SSSR count). The number of rotatable bonds is 7. The van der Waals surface area contributed by atoms with Gasteiger partial charge in [0.15, 0.2) is 5.96 Å². The first-order chi connectivity index (χ1) is 11.9. The van der Waals surface area contributed by atoms with Gasteiger partial charge in [0, 0.05) is 26.2 Å². The zero-order chi connectivity index (χ0) is 18.3. The summed E-state index contributed by atoms with van der Waals surface area (Å²) in [6.45, 7) is 12.1. The van der Waals surface area contributed by atoms with Gasteiger partial charge < -0.3 is 19.9 Å². The fourth-order valence-electron chi connectivity index (χ4n) is 2.96. The van der Waals surface area contributed by atoms with Crippen LogP contribution in [0.5, 0.6) is 5.75 Å². The zero-order valence-electron chi connectivity index (χ0n) is 16.5. The average Bonchev–Trinajstić information content (AvgIpc) is 2.91. The van der Waals surface area contributed by atoms with Crippen molar-refractivity contribution in [2.75, 3.05) is 46.9 Å². The van der Waals surface area contributed by atoms with E-state index in [2.05, 4.69) is 62.1 Å². The standard InChI is InChI=1S/C20H34N4O/c1-6-21-19(24-11-10-20(2,3)16-24)22-15-17-8-7-9-18(14-17)25-13-12-23(4)5/h7-9,14H,6,10-13,15-16H2,1-5H3,(H,21,22). The summed E-state index contributed by atoms with van der Waals surface area (Å²) in [5, 5.41) is 3.43. The highest BCUT2D eigenvalue weighted by molar-refractivity contribution is 5.80. The number of hydrogen-bond acceptors (Lipinski definition) is 3. The Bertz CT molecular complexity index is 569. The van der Waals surface area contributed by atoms with Gasteiger partial charge in [0.05, 0.1) is 6.54 Å². The molecule has 1 aliphatic rings. The van der Waals surface area contributed by atoms with Gasteiger partial charge in [0.25, 0.3) is 0 Å². The van der Waals surface area contributed by atoms with E-state index in [0.29, 0.717) is 18.6 Å². The van der Waals surface area contributed by atoms with Crippen LogP contribution in [0.15, 0.2) is 29.3 Å². The number of guanidine groups is 1. The van der Waals surface area contributed by atoms with Crippen molar-refractivity contribution >= 4 is 5.96 Å². The van der Waals surface area contributed by atoms with Crippen LogP contribution in [0.1, 0.15) is 32.8 Å². The number of hydrogen-bond donors (Lipinski definition) is 1. The largest absolute Gasteiger partial charge is 0.492 e. The number of nitrogens with zero attached hydrogens (tertiary/aromatic N) is 3. The van der Waals surface area contributed by atoms with Crippen molar-refractivity contribution < 1.29 is 4.74 Å². The Morgan fingerprint density at radius 3 is 2.80 bits per heavy atom. The van der Waals surface area contributed by atoms with Crippen LogP contribution in [-0.4, -0.2) is 62.6 Å². The Labute approximate surface area is 153 Å². The monoisotopic (exact) mass is 346 g/mol. The maximum Gasteiger partial charge on any atom is 0.194 e. The Balaban J connectivity index is 1.97. The Kier molecular flexibility index (Phi) is 7.12. The lowest BCUT2D eigenvalue weighted by atomic mass is 9.93. The summed E-state index contributed by atoms with van der Waals surface area (Å²) in [7, 11) is 4.10. The topological polar surface area (TPSA) is 40.1 Å². The van der Waals surface area contributed by atoms with Gasteiger partial charge in [-0.3, -0.25) is 0 Å². The van der Waals surface area contributed by atoms with Crippen LogP contribution < -0.4 is 10.1 Å². The van der Waals surface area contributed by atoms with Crippen LogP contribution in [0.4, 0.5) is 0 Å². The maximum atomic E-state index is 5.82. The Morgan fingerprint density at radius 1 is 1.36 bits per heavy atom. The summed E-state index contributed by atoms with van der Waals surface area (Å²) >= 11 is 0. The van der Waals surface area contributed by atoms with Crippen LogP contribution in [0.25, 0.3) is 0 Å². The predicted octanol–water partition coefficient (Wildman–Crippen LogP) is 2.82. The zero-order valence-corrected chi connectivity index (χ0v) is 16.5. The van der Waals surface area contributed by atoms with Crippen LogP contribution >= 0.6 is 0 Å². The van der Waals surface area contributed by atoms with Crippen molar-refractivity contribution in [1.82, 2.24) is 15.1 Å². The predicted molar refractivity (Wildman–Crippen MR) is 105 cm³/mol. The molecule has 5 nitrogen and oxygen atoms in total. The van der Waals surface area contributed by atoms with Crippen LogP contribution in [-0.2, 0) is 6.54 Å². The highest BCUT2D eigenvalue weighted by atomic mass is 16.5. The van der Waals surface area contributed by atoms with Gasteiger partial charge in [-0.15, -0.1) is 0 Å². The molecule has 0 amide bonds. The van der Waals surface area contributed by atoms with Crippen molar-refractivity contribution in [3.05, 3.63) is 29.8 Å². The highest BCUT2D eigenvalue weighted by Crippen LogP contribution is 2.28. The molecule has 0 aliphatic carbocycles. The molecule has 1 N–H and O–H groups in total. The van der Waals surface area contributed by atoms with Crippen LogP contribution in [0.2, 0.25) is 0 Å². The van der Waals surface area contributed by atoms with E-state index in [1.165, 1.54) is 12.0 Å². The van der Waals surface area contributed by atoms with Crippen molar-refractivity contribution in [3.8, 4) is 5.75 Å². The molecule has 0 saturated carbocycles. The number of benzene rings is 1. The average molecular weight is 347 g/mol. The number of ether oxygens (including phenoxy) is 1. The molecule has 1 aromatic carbocycles. The molecule has 1 aliphatic heterocycles. The summed E-state index contributed by atoms with van der Waals surface area (Å²) in [6.07, 6.45) is 1.21. The minimum Gasteiger partial charge on any atom is -0.492 e. The van der Waals surface area contributed by atoms with E-state index in [-0.39, 0.29) is 0 Å². The summed E-state index contributed by atoms with van der Waals surface area (Å²) < 4.78 is 5.82. The molecule has 0 unspecified atom stereocenters. The van der Waals surface area contributed by atoms with Gasteiger partial charge in [-0.2, -0.15) is 0 Å². The number of likely N-dealkylation sites (N-methyl/N-ethyl adjacent to an activating group) is 1. The first-order valence-corrected chi connectivity index (χ1v) is 9.29. The van der Waals surface area contributed by atoms with Crippen molar-refractivity contribution in [2.24, 2.45) is 10.4 Å². The van der Waals surface area contributed by atoms with E-state index >= 15 is 0 Å². The van der Waals surface area contributed by atoms with E-state index in [1.807, 2.05) is 12.1 Å². The van der Waals surface area contributed by atoms with Gasteiger partial charge in [-0.05, 0) is 50.6 Å². The minimum absolute atomic E-state index is 0.371. The maximum absolute atomic E-state index is 5.82. The van der Waals surface area contributed by atoms with Gasteiger partial charge >= 0.3 is 0 Å². The second-order valence-electron chi connectivity index (χ2n) is 7.81. The molecule has 0 aromatic heterocycles. The third kappa shape index (κ3) is 6.58. The molecule has 140 valence electrons. The van der Waals surface area contributed by atoms with E-state index < -0.39 is 0 Å². The number of aliphatic imine (C=N–C) groups is 1. The lowest BCUT2D eigenvalue weighted by Gasteiger charge is -2.23.